The van der Waals surface area contributed by atoms with E-state index < -0.39 is 5.41 Å². The van der Waals surface area contributed by atoms with Crippen molar-refractivity contribution in [3.8, 4) is 0 Å². The maximum Gasteiger partial charge on any atom is 0.319 e. The van der Waals surface area contributed by atoms with Crippen LogP contribution in [0.25, 0.3) is 0 Å². The van der Waals surface area contributed by atoms with E-state index in [4.69, 9.17) is 9.47 Å². The number of hydrogen-bond donors (Lipinski definition) is 0. The summed E-state index contributed by atoms with van der Waals surface area (Å²) in [7, 11) is 1.43. The molecule has 0 saturated carbocycles. The van der Waals surface area contributed by atoms with Gasteiger partial charge in [0.2, 0.25) is 0 Å². The smallest absolute Gasteiger partial charge is 0.319 e. The fourth-order valence-corrected chi connectivity index (χ4v) is 2.54. The molecule has 4 rings (SSSR count). The molecule has 3 nitrogen and oxygen atoms in total. The molecular weight excluding hydrogens is 192 g/mol. The summed E-state index contributed by atoms with van der Waals surface area (Å²) >= 11 is 0. The van der Waals surface area contributed by atoms with Crippen molar-refractivity contribution in [3.63, 3.8) is 0 Å². The summed E-state index contributed by atoms with van der Waals surface area (Å²) in [4.78, 5) is 11.7. The molecular formula is C12H12O3. The van der Waals surface area contributed by atoms with Crippen molar-refractivity contribution < 1.29 is 14.3 Å². The van der Waals surface area contributed by atoms with Crippen LogP contribution in [0.5, 0.6) is 0 Å². The zero-order valence-corrected chi connectivity index (χ0v) is 8.53. The molecule has 0 N–H and O–H groups in total. The highest BCUT2D eigenvalue weighted by molar-refractivity contribution is 5.84. The van der Waals surface area contributed by atoms with E-state index in [0.29, 0.717) is 13.0 Å². The molecule has 0 aromatic rings. The minimum atomic E-state index is -0.587. The largest absolute Gasteiger partial charge is 0.468 e. The number of hydrogen-bond acceptors (Lipinski definition) is 3. The first kappa shape index (κ1) is 8.92. The minimum Gasteiger partial charge on any atom is -0.468 e. The van der Waals surface area contributed by atoms with Crippen LogP contribution in [-0.4, -0.2) is 25.3 Å². The van der Waals surface area contributed by atoms with E-state index in [-0.39, 0.29) is 11.6 Å². The molecule has 1 aliphatic heterocycles. The Balaban J connectivity index is 2.09. The average molecular weight is 204 g/mol. The number of ether oxygens (including phenoxy) is 2. The Bertz CT molecular complexity index is 401. The van der Waals surface area contributed by atoms with Crippen LogP contribution in [0.4, 0.5) is 0 Å². The second-order valence-electron chi connectivity index (χ2n) is 4.21. The van der Waals surface area contributed by atoms with Crippen LogP contribution in [-0.2, 0) is 14.3 Å². The van der Waals surface area contributed by atoms with Gasteiger partial charge in [-0.25, -0.2) is 0 Å². The van der Waals surface area contributed by atoms with Crippen molar-refractivity contribution in [2.24, 2.45) is 5.41 Å². The van der Waals surface area contributed by atoms with Gasteiger partial charge in [-0.15, -0.1) is 0 Å². The van der Waals surface area contributed by atoms with E-state index in [1.807, 2.05) is 24.3 Å². The Morgan fingerprint density at radius 3 is 2.80 bits per heavy atom. The van der Waals surface area contributed by atoms with Crippen molar-refractivity contribution in [3.05, 3.63) is 36.0 Å². The molecule has 0 saturated heterocycles. The highest BCUT2D eigenvalue weighted by Gasteiger charge is 2.50. The van der Waals surface area contributed by atoms with Gasteiger partial charge in [0.1, 0.15) is 11.0 Å². The van der Waals surface area contributed by atoms with Gasteiger partial charge >= 0.3 is 5.97 Å². The number of carbonyl (C=O) groups excluding carboxylic acids is 1. The van der Waals surface area contributed by atoms with Crippen LogP contribution >= 0.6 is 0 Å². The van der Waals surface area contributed by atoms with Crippen molar-refractivity contribution in [1.82, 2.24) is 0 Å². The maximum absolute atomic E-state index is 11.7. The molecule has 78 valence electrons. The Morgan fingerprint density at radius 2 is 2.13 bits per heavy atom. The molecule has 1 heterocycles. The van der Waals surface area contributed by atoms with Gasteiger partial charge in [-0.2, -0.15) is 0 Å². The second kappa shape index (κ2) is 2.61. The highest BCUT2D eigenvalue weighted by atomic mass is 16.5. The molecule has 4 aliphatic rings. The highest BCUT2D eigenvalue weighted by Crippen LogP contribution is 2.50. The summed E-state index contributed by atoms with van der Waals surface area (Å²) in [6.45, 7) is 0.626. The lowest BCUT2D eigenvalue weighted by molar-refractivity contribution is -0.148. The van der Waals surface area contributed by atoms with E-state index in [1.54, 1.807) is 0 Å². The first-order valence-corrected chi connectivity index (χ1v) is 5.03. The van der Waals surface area contributed by atoms with E-state index in [2.05, 4.69) is 6.08 Å². The third-order valence-corrected chi connectivity index (χ3v) is 3.46. The number of rotatable bonds is 1. The summed E-state index contributed by atoms with van der Waals surface area (Å²) in [5.74, 6) is -0.198. The lowest BCUT2D eigenvalue weighted by atomic mass is 9.66. The molecule has 0 aromatic heterocycles. The normalized spacial score (nSPS) is 40.2. The summed E-state index contributed by atoms with van der Waals surface area (Å²) in [5.41, 5.74) is 0.240. The molecule has 2 bridgehead atoms. The Morgan fingerprint density at radius 1 is 1.40 bits per heavy atom. The van der Waals surface area contributed by atoms with Gasteiger partial charge in [0.15, 0.2) is 0 Å². The van der Waals surface area contributed by atoms with E-state index in [1.165, 1.54) is 12.7 Å². The predicted molar refractivity (Wildman–Crippen MR) is 54.1 cm³/mol. The molecule has 0 radical (unpaired) electrons. The third-order valence-electron chi connectivity index (χ3n) is 3.46. The monoisotopic (exact) mass is 204 g/mol. The van der Waals surface area contributed by atoms with E-state index in [0.717, 1.165) is 0 Å². The molecule has 15 heavy (non-hydrogen) atoms. The lowest BCUT2D eigenvalue weighted by Gasteiger charge is -2.41. The second-order valence-corrected chi connectivity index (χ2v) is 4.21. The Kier molecular flexibility index (Phi) is 1.55. The lowest BCUT2D eigenvalue weighted by Crippen LogP contribution is -2.43. The number of esters is 1. The van der Waals surface area contributed by atoms with Gasteiger partial charge in [-0.1, -0.05) is 18.2 Å². The zero-order valence-electron chi connectivity index (χ0n) is 8.53. The van der Waals surface area contributed by atoms with Crippen molar-refractivity contribution in [2.45, 2.75) is 12.0 Å². The van der Waals surface area contributed by atoms with Gasteiger partial charge < -0.3 is 9.47 Å². The van der Waals surface area contributed by atoms with Crippen LogP contribution in [0.2, 0.25) is 0 Å². The van der Waals surface area contributed by atoms with Crippen LogP contribution in [0, 0.1) is 5.41 Å². The quantitative estimate of drug-likeness (QED) is 0.478. The molecule has 0 fully saturated rings. The molecule has 3 heteroatoms. The number of carbonyl (C=O) groups is 1. The third kappa shape index (κ3) is 0.960. The van der Waals surface area contributed by atoms with Crippen LogP contribution in [0.3, 0.4) is 0 Å². The molecule has 3 aliphatic carbocycles. The SMILES string of the molecule is COC(=O)C12C=CC3(C=C1)OCC=C3C2. The van der Waals surface area contributed by atoms with Gasteiger partial charge in [-0.05, 0) is 24.1 Å². The van der Waals surface area contributed by atoms with Crippen molar-refractivity contribution >= 4 is 5.97 Å². The topological polar surface area (TPSA) is 35.5 Å². The predicted octanol–water partition coefficient (Wildman–Crippen LogP) is 1.37. The molecule has 0 aromatic carbocycles. The summed E-state index contributed by atoms with van der Waals surface area (Å²) < 4.78 is 10.5. The van der Waals surface area contributed by atoms with E-state index in [9.17, 15) is 4.79 Å². The van der Waals surface area contributed by atoms with Gasteiger partial charge in [-0.3, -0.25) is 4.79 Å². The summed E-state index contributed by atoms with van der Waals surface area (Å²) in [6.07, 6.45) is 10.5. The molecule has 0 amide bonds. The van der Waals surface area contributed by atoms with Gasteiger partial charge in [0.05, 0.1) is 13.7 Å². The summed E-state index contributed by atoms with van der Waals surface area (Å²) in [5, 5.41) is 0. The Labute approximate surface area is 88.1 Å². The first-order chi connectivity index (χ1) is 7.21. The zero-order chi connectivity index (χ0) is 10.5. The minimum absolute atomic E-state index is 0.198. The molecule has 1 spiro atoms. The van der Waals surface area contributed by atoms with Crippen molar-refractivity contribution in [1.29, 1.82) is 0 Å². The average Bonchev–Trinajstić information content (AvgIpc) is 2.71. The number of methoxy groups -OCH3 is 1. The van der Waals surface area contributed by atoms with Crippen molar-refractivity contribution in [2.75, 3.05) is 13.7 Å². The van der Waals surface area contributed by atoms with Crippen LogP contribution in [0.1, 0.15) is 6.42 Å². The van der Waals surface area contributed by atoms with E-state index >= 15 is 0 Å². The van der Waals surface area contributed by atoms with Crippen LogP contribution in [0.15, 0.2) is 36.0 Å². The molecule has 0 unspecified atom stereocenters. The standard InChI is InChI=1S/C12H12O3/c1-14-10(13)11-3-5-12(6-4-11)9(8-11)2-7-15-12/h2-6H,7-8H2,1H3. The summed E-state index contributed by atoms with van der Waals surface area (Å²) in [6, 6.07) is 0. The first-order valence-electron chi connectivity index (χ1n) is 5.03. The maximum atomic E-state index is 11.7. The Hall–Kier alpha value is -1.35. The van der Waals surface area contributed by atoms with Gasteiger partial charge in [0.25, 0.3) is 0 Å². The fourth-order valence-electron chi connectivity index (χ4n) is 2.54. The fraction of sp³-hybridized carbons (Fsp3) is 0.417. The molecule has 0 atom stereocenters. The van der Waals surface area contributed by atoms with Gasteiger partial charge in [0, 0.05) is 0 Å². The van der Waals surface area contributed by atoms with Crippen LogP contribution < -0.4 is 0 Å².